The first-order chi connectivity index (χ1) is 8.86. The number of hydrogen-bond acceptors (Lipinski definition) is 4. The van der Waals surface area contributed by atoms with E-state index in [1.54, 1.807) is 7.11 Å². The lowest BCUT2D eigenvalue weighted by Crippen LogP contribution is -2.18. The molecule has 94 valence electrons. The van der Waals surface area contributed by atoms with E-state index in [0.717, 1.165) is 22.3 Å². The number of hydrogen-bond donors (Lipinski definition) is 1. The van der Waals surface area contributed by atoms with Gasteiger partial charge >= 0.3 is 0 Å². The summed E-state index contributed by atoms with van der Waals surface area (Å²) in [5.41, 5.74) is 0. The zero-order chi connectivity index (χ0) is 12.4. The molecule has 1 fully saturated rings. The zero-order valence-electron chi connectivity index (χ0n) is 10.3. The maximum Gasteiger partial charge on any atom is 0.134 e. The lowest BCUT2D eigenvalue weighted by atomic mass is 10.1. The molecule has 1 saturated heterocycles. The summed E-state index contributed by atoms with van der Waals surface area (Å²) >= 11 is 2.00. The molecule has 0 bridgehead atoms. The van der Waals surface area contributed by atoms with Gasteiger partial charge in [0.05, 0.1) is 7.11 Å². The average molecular weight is 260 g/mol. The minimum atomic E-state index is 0.551. The van der Waals surface area contributed by atoms with Crippen molar-refractivity contribution in [3.8, 4) is 5.75 Å². The van der Waals surface area contributed by atoms with Crippen molar-refractivity contribution in [3.05, 3.63) is 30.5 Å². The Kier molecular flexibility index (Phi) is 3.28. The highest BCUT2D eigenvalue weighted by Gasteiger charge is 2.16. The minimum Gasteiger partial charge on any atom is -0.497 e. The van der Waals surface area contributed by atoms with Crippen molar-refractivity contribution in [1.82, 2.24) is 4.98 Å². The van der Waals surface area contributed by atoms with Gasteiger partial charge in [0.2, 0.25) is 0 Å². The van der Waals surface area contributed by atoms with Crippen molar-refractivity contribution < 1.29 is 4.74 Å². The van der Waals surface area contributed by atoms with Crippen molar-refractivity contribution in [2.45, 2.75) is 12.5 Å². The van der Waals surface area contributed by atoms with Crippen LogP contribution in [0.5, 0.6) is 5.75 Å². The average Bonchev–Trinajstić information content (AvgIpc) is 2.91. The molecule has 3 rings (SSSR count). The third kappa shape index (κ3) is 2.25. The molecule has 0 aliphatic carbocycles. The first-order valence-electron chi connectivity index (χ1n) is 6.14. The van der Waals surface area contributed by atoms with Crippen LogP contribution in [-0.4, -0.2) is 29.6 Å². The SMILES string of the molecule is COc1ccc2c(NC3CCSC3)nccc2c1. The summed E-state index contributed by atoms with van der Waals surface area (Å²) in [6, 6.07) is 8.68. The van der Waals surface area contributed by atoms with Gasteiger partial charge in [0.25, 0.3) is 0 Å². The lowest BCUT2D eigenvalue weighted by molar-refractivity contribution is 0.415. The molecule has 1 aromatic heterocycles. The topological polar surface area (TPSA) is 34.1 Å². The van der Waals surface area contributed by atoms with Gasteiger partial charge in [-0.2, -0.15) is 11.8 Å². The first kappa shape index (κ1) is 11.7. The number of thioether (sulfide) groups is 1. The number of pyridine rings is 1. The number of anilines is 1. The van der Waals surface area contributed by atoms with Crippen LogP contribution in [0.15, 0.2) is 30.5 Å². The Labute approximate surface area is 111 Å². The van der Waals surface area contributed by atoms with E-state index in [-0.39, 0.29) is 0 Å². The van der Waals surface area contributed by atoms with Gasteiger partial charge in [-0.1, -0.05) is 0 Å². The highest BCUT2D eigenvalue weighted by Crippen LogP contribution is 2.27. The van der Waals surface area contributed by atoms with Crippen molar-refractivity contribution in [1.29, 1.82) is 0 Å². The molecule has 18 heavy (non-hydrogen) atoms. The Morgan fingerprint density at radius 1 is 1.39 bits per heavy atom. The Hall–Kier alpha value is -1.42. The predicted molar refractivity (Wildman–Crippen MR) is 77.6 cm³/mol. The summed E-state index contributed by atoms with van der Waals surface area (Å²) in [7, 11) is 1.69. The normalized spacial score (nSPS) is 19.1. The number of nitrogens with zero attached hydrogens (tertiary/aromatic N) is 1. The largest absolute Gasteiger partial charge is 0.497 e. The van der Waals surface area contributed by atoms with Crippen molar-refractivity contribution in [3.63, 3.8) is 0 Å². The van der Waals surface area contributed by atoms with Gasteiger partial charge in [0.15, 0.2) is 0 Å². The highest BCUT2D eigenvalue weighted by atomic mass is 32.2. The number of methoxy groups -OCH3 is 1. The third-order valence-electron chi connectivity index (χ3n) is 3.24. The maximum absolute atomic E-state index is 5.25. The molecule has 1 aliphatic rings. The van der Waals surface area contributed by atoms with Crippen molar-refractivity contribution in [2.75, 3.05) is 23.9 Å². The molecule has 0 saturated carbocycles. The van der Waals surface area contributed by atoms with E-state index in [2.05, 4.69) is 16.4 Å². The van der Waals surface area contributed by atoms with E-state index in [4.69, 9.17) is 4.74 Å². The predicted octanol–water partition coefficient (Wildman–Crippen LogP) is 3.16. The van der Waals surface area contributed by atoms with Crippen LogP contribution in [0.3, 0.4) is 0 Å². The minimum absolute atomic E-state index is 0.551. The van der Waals surface area contributed by atoms with Crippen LogP contribution < -0.4 is 10.1 Å². The molecule has 0 amide bonds. The molecular weight excluding hydrogens is 244 g/mol. The second-order valence-electron chi connectivity index (χ2n) is 4.45. The zero-order valence-corrected chi connectivity index (χ0v) is 11.2. The van der Waals surface area contributed by atoms with Gasteiger partial charge in [-0.3, -0.25) is 0 Å². The second kappa shape index (κ2) is 5.06. The van der Waals surface area contributed by atoms with Crippen LogP contribution >= 0.6 is 11.8 Å². The summed E-state index contributed by atoms with van der Waals surface area (Å²) < 4.78 is 5.25. The molecule has 1 atom stereocenters. The Morgan fingerprint density at radius 3 is 3.11 bits per heavy atom. The van der Waals surface area contributed by atoms with Crippen LogP contribution in [0.1, 0.15) is 6.42 Å². The molecule has 1 aliphatic heterocycles. The summed E-state index contributed by atoms with van der Waals surface area (Å²) in [5, 5.41) is 5.88. The maximum atomic E-state index is 5.25. The van der Waals surface area contributed by atoms with E-state index in [1.807, 2.05) is 36.2 Å². The summed E-state index contributed by atoms with van der Waals surface area (Å²) in [6.07, 6.45) is 3.07. The Balaban J connectivity index is 1.95. The van der Waals surface area contributed by atoms with Gasteiger partial charge in [-0.05, 0) is 41.8 Å². The smallest absolute Gasteiger partial charge is 0.134 e. The highest BCUT2D eigenvalue weighted by molar-refractivity contribution is 7.99. The molecule has 1 aromatic carbocycles. The number of aromatic nitrogens is 1. The standard InChI is InChI=1S/C14H16N2OS/c1-17-12-2-3-13-10(8-12)4-6-15-14(13)16-11-5-7-18-9-11/h2-4,6,8,11H,5,7,9H2,1H3,(H,15,16). The van der Waals surface area contributed by atoms with Crippen LogP contribution in [-0.2, 0) is 0 Å². The fraction of sp³-hybridized carbons (Fsp3) is 0.357. The van der Waals surface area contributed by atoms with Crippen LogP contribution in [0, 0.1) is 0 Å². The molecule has 3 nitrogen and oxygen atoms in total. The van der Waals surface area contributed by atoms with Gasteiger partial charge in [0, 0.05) is 23.4 Å². The van der Waals surface area contributed by atoms with E-state index < -0.39 is 0 Å². The fourth-order valence-corrected chi connectivity index (χ4v) is 3.39. The van der Waals surface area contributed by atoms with Crippen molar-refractivity contribution >= 4 is 28.4 Å². The van der Waals surface area contributed by atoms with Crippen LogP contribution in [0.25, 0.3) is 10.8 Å². The van der Waals surface area contributed by atoms with Gasteiger partial charge < -0.3 is 10.1 Å². The monoisotopic (exact) mass is 260 g/mol. The van der Waals surface area contributed by atoms with Gasteiger partial charge in [-0.25, -0.2) is 4.98 Å². The molecule has 2 heterocycles. The second-order valence-corrected chi connectivity index (χ2v) is 5.60. The molecular formula is C14H16N2OS. The van der Waals surface area contributed by atoms with E-state index in [0.29, 0.717) is 6.04 Å². The van der Waals surface area contributed by atoms with E-state index in [9.17, 15) is 0 Å². The van der Waals surface area contributed by atoms with Crippen LogP contribution in [0.4, 0.5) is 5.82 Å². The van der Waals surface area contributed by atoms with E-state index >= 15 is 0 Å². The van der Waals surface area contributed by atoms with Gasteiger partial charge in [-0.15, -0.1) is 0 Å². The molecule has 1 N–H and O–H groups in total. The third-order valence-corrected chi connectivity index (χ3v) is 4.40. The van der Waals surface area contributed by atoms with Crippen molar-refractivity contribution in [2.24, 2.45) is 0 Å². The molecule has 2 aromatic rings. The quantitative estimate of drug-likeness (QED) is 0.919. The number of rotatable bonds is 3. The molecule has 4 heteroatoms. The number of benzene rings is 1. The Morgan fingerprint density at radius 2 is 2.33 bits per heavy atom. The number of nitrogens with one attached hydrogen (secondary N) is 1. The summed E-state index contributed by atoms with van der Waals surface area (Å²) in [5.74, 6) is 4.29. The first-order valence-corrected chi connectivity index (χ1v) is 7.29. The summed E-state index contributed by atoms with van der Waals surface area (Å²) in [6.45, 7) is 0. The lowest BCUT2D eigenvalue weighted by Gasteiger charge is -2.14. The molecule has 0 spiro atoms. The Bertz CT molecular complexity index is 552. The van der Waals surface area contributed by atoms with Gasteiger partial charge in [0.1, 0.15) is 11.6 Å². The molecule has 1 unspecified atom stereocenters. The number of ether oxygens (including phenoxy) is 1. The number of fused-ring (bicyclic) bond motifs is 1. The van der Waals surface area contributed by atoms with E-state index in [1.165, 1.54) is 17.9 Å². The summed E-state index contributed by atoms with van der Waals surface area (Å²) in [4.78, 5) is 4.46. The fourth-order valence-electron chi connectivity index (χ4n) is 2.24. The van der Waals surface area contributed by atoms with Crippen LogP contribution in [0.2, 0.25) is 0 Å². The molecule has 0 radical (unpaired) electrons.